The highest BCUT2D eigenvalue weighted by molar-refractivity contribution is 5.15. The highest BCUT2D eigenvalue weighted by Gasteiger charge is 2.19. The van der Waals surface area contributed by atoms with Crippen molar-refractivity contribution >= 4 is 0 Å². The summed E-state index contributed by atoms with van der Waals surface area (Å²) in [6, 6.07) is 0. The van der Waals surface area contributed by atoms with Gasteiger partial charge in [-0.2, -0.15) is 5.10 Å². The van der Waals surface area contributed by atoms with Crippen LogP contribution in [0.4, 0.5) is 0 Å². The van der Waals surface area contributed by atoms with Gasteiger partial charge in [0.05, 0.1) is 5.69 Å². The Bertz CT molecular complexity index is 345. The van der Waals surface area contributed by atoms with E-state index in [1.54, 1.807) is 0 Å². The molecule has 2 heterocycles. The Balaban J connectivity index is 1.96. The van der Waals surface area contributed by atoms with Gasteiger partial charge in [0, 0.05) is 31.9 Å². The van der Waals surface area contributed by atoms with Crippen LogP contribution in [0.3, 0.4) is 0 Å². The molecule has 0 spiro atoms. The van der Waals surface area contributed by atoms with Crippen molar-refractivity contribution in [3.63, 3.8) is 0 Å². The first-order valence-electron chi connectivity index (χ1n) is 6.10. The molecule has 0 saturated carbocycles. The van der Waals surface area contributed by atoms with Crippen LogP contribution >= 0.6 is 0 Å². The zero-order chi connectivity index (χ0) is 11.5. The maximum absolute atomic E-state index is 5.75. The van der Waals surface area contributed by atoms with Crippen LogP contribution in [0, 0.1) is 12.8 Å². The molecule has 0 amide bonds. The second-order valence-corrected chi connectivity index (χ2v) is 4.89. The van der Waals surface area contributed by atoms with Gasteiger partial charge in [-0.05, 0) is 38.8 Å². The number of hydrogen-bond acceptors (Lipinski definition) is 3. The number of nitrogens with two attached hydrogens (primary N) is 1. The number of likely N-dealkylation sites (tertiary alicyclic amines) is 1. The van der Waals surface area contributed by atoms with Crippen LogP contribution in [0.2, 0.25) is 0 Å². The summed E-state index contributed by atoms with van der Waals surface area (Å²) in [5, 5.41) is 4.38. The second kappa shape index (κ2) is 4.97. The van der Waals surface area contributed by atoms with Gasteiger partial charge < -0.3 is 5.73 Å². The van der Waals surface area contributed by atoms with Crippen molar-refractivity contribution < 1.29 is 0 Å². The molecule has 1 aromatic rings. The molecule has 0 aliphatic carbocycles. The molecule has 1 aliphatic rings. The van der Waals surface area contributed by atoms with Gasteiger partial charge in [0.1, 0.15) is 0 Å². The molecule has 4 nitrogen and oxygen atoms in total. The summed E-state index contributed by atoms with van der Waals surface area (Å²) >= 11 is 0. The van der Waals surface area contributed by atoms with Crippen molar-refractivity contribution in [1.82, 2.24) is 14.7 Å². The van der Waals surface area contributed by atoms with E-state index in [2.05, 4.69) is 23.1 Å². The lowest BCUT2D eigenvalue weighted by Crippen LogP contribution is -2.37. The molecule has 90 valence electrons. The predicted molar refractivity (Wildman–Crippen MR) is 65.0 cm³/mol. The van der Waals surface area contributed by atoms with E-state index in [9.17, 15) is 0 Å². The largest absolute Gasteiger partial charge is 0.330 e. The monoisotopic (exact) mass is 222 g/mol. The second-order valence-electron chi connectivity index (χ2n) is 4.89. The summed E-state index contributed by atoms with van der Waals surface area (Å²) in [7, 11) is 1.98. The molecule has 16 heavy (non-hydrogen) atoms. The quantitative estimate of drug-likeness (QED) is 0.826. The van der Waals surface area contributed by atoms with Crippen LogP contribution in [0.25, 0.3) is 0 Å². The third-order valence-corrected chi connectivity index (χ3v) is 3.45. The minimum absolute atomic E-state index is 0.686. The average molecular weight is 222 g/mol. The summed E-state index contributed by atoms with van der Waals surface area (Å²) < 4.78 is 1.90. The van der Waals surface area contributed by atoms with Crippen molar-refractivity contribution in [2.24, 2.45) is 18.7 Å². The van der Waals surface area contributed by atoms with E-state index >= 15 is 0 Å². The average Bonchev–Trinajstić information content (AvgIpc) is 2.58. The SMILES string of the molecule is Cc1nn(C)cc1CN1CCCC(CN)C1. The Morgan fingerprint density at radius 1 is 1.56 bits per heavy atom. The van der Waals surface area contributed by atoms with E-state index in [1.165, 1.54) is 24.9 Å². The van der Waals surface area contributed by atoms with Crippen LogP contribution in [0.1, 0.15) is 24.1 Å². The van der Waals surface area contributed by atoms with E-state index in [0.29, 0.717) is 5.92 Å². The normalized spacial score (nSPS) is 22.6. The van der Waals surface area contributed by atoms with Crippen LogP contribution in [-0.2, 0) is 13.6 Å². The Morgan fingerprint density at radius 2 is 2.38 bits per heavy atom. The maximum Gasteiger partial charge on any atom is 0.0638 e. The van der Waals surface area contributed by atoms with Crippen LogP contribution in [0.5, 0.6) is 0 Å². The van der Waals surface area contributed by atoms with Crippen molar-refractivity contribution in [2.75, 3.05) is 19.6 Å². The molecule has 0 radical (unpaired) electrons. The molecule has 1 unspecified atom stereocenters. The van der Waals surface area contributed by atoms with E-state index in [1.807, 2.05) is 11.7 Å². The summed E-state index contributed by atoms with van der Waals surface area (Å²) in [6.45, 7) is 6.27. The number of rotatable bonds is 3. The number of aromatic nitrogens is 2. The molecule has 2 rings (SSSR count). The standard InChI is InChI=1S/C12H22N4/c1-10-12(8-15(2)14-10)9-16-5-3-4-11(6-13)7-16/h8,11H,3-7,9,13H2,1-2H3. The van der Waals surface area contributed by atoms with Gasteiger partial charge in [-0.25, -0.2) is 0 Å². The molecular formula is C12H22N4. The Morgan fingerprint density at radius 3 is 3.00 bits per heavy atom. The molecule has 1 atom stereocenters. The van der Waals surface area contributed by atoms with Crippen molar-refractivity contribution in [2.45, 2.75) is 26.3 Å². The first kappa shape index (κ1) is 11.6. The van der Waals surface area contributed by atoms with Crippen LogP contribution in [-0.4, -0.2) is 34.3 Å². The van der Waals surface area contributed by atoms with Crippen LogP contribution in [0.15, 0.2) is 6.20 Å². The van der Waals surface area contributed by atoms with Gasteiger partial charge in [-0.3, -0.25) is 9.58 Å². The highest BCUT2D eigenvalue weighted by atomic mass is 15.3. The van der Waals surface area contributed by atoms with Gasteiger partial charge in [-0.1, -0.05) is 0 Å². The van der Waals surface area contributed by atoms with Crippen molar-refractivity contribution in [1.29, 1.82) is 0 Å². The Labute approximate surface area is 97.4 Å². The van der Waals surface area contributed by atoms with Crippen molar-refractivity contribution in [3.05, 3.63) is 17.5 Å². The van der Waals surface area contributed by atoms with Crippen molar-refractivity contribution in [3.8, 4) is 0 Å². The molecule has 1 fully saturated rings. The smallest absolute Gasteiger partial charge is 0.0638 e. The van der Waals surface area contributed by atoms with Gasteiger partial charge in [0.2, 0.25) is 0 Å². The third kappa shape index (κ3) is 2.62. The molecule has 0 bridgehead atoms. The number of piperidine rings is 1. The fourth-order valence-corrected chi connectivity index (χ4v) is 2.53. The first-order chi connectivity index (χ1) is 7.69. The zero-order valence-electron chi connectivity index (χ0n) is 10.3. The Kier molecular flexibility index (Phi) is 3.61. The van der Waals surface area contributed by atoms with E-state index in [-0.39, 0.29) is 0 Å². The molecule has 1 aromatic heterocycles. The van der Waals surface area contributed by atoms with E-state index in [0.717, 1.165) is 25.3 Å². The number of hydrogen-bond donors (Lipinski definition) is 1. The molecule has 2 N–H and O–H groups in total. The minimum atomic E-state index is 0.686. The molecular weight excluding hydrogens is 200 g/mol. The number of aryl methyl sites for hydroxylation is 2. The van der Waals surface area contributed by atoms with Gasteiger partial charge in [0.15, 0.2) is 0 Å². The Hall–Kier alpha value is -0.870. The zero-order valence-corrected chi connectivity index (χ0v) is 10.3. The number of nitrogens with zero attached hydrogens (tertiary/aromatic N) is 3. The molecule has 1 saturated heterocycles. The maximum atomic E-state index is 5.75. The fraction of sp³-hybridized carbons (Fsp3) is 0.750. The van der Waals surface area contributed by atoms with Crippen LogP contribution < -0.4 is 5.73 Å². The van der Waals surface area contributed by atoms with E-state index < -0.39 is 0 Å². The van der Waals surface area contributed by atoms with E-state index in [4.69, 9.17) is 5.73 Å². The summed E-state index contributed by atoms with van der Waals surface area (Å²) in [4.78, 5) is 2.50. The van der Waals surface area contributed by atoms with Gasteiger partial charge in [0.25, 0.3) is 0 Å². The lowest BCUT2D eigenvalue weighted by Gasteiger charge is -2.31. The molecule has 1 aliphatic heterocycles. The fourth-order valence-electron chi connectivity index (χ4n) is 2.53. The molecule has 0 aromatic carbocycles. The predicted octanol–water partition coefficient (Wildman–Crippen LogP) is 0.899. The lowest BCUT2D eigenvalue weighted by molar-refractivity contribution is 0.171. The third-order valence-electron chi connectivity index (χ3n) is 3.45. The first-order valence-corrected chi connectivity index (χ1v) is 6.10. The van der Waals surface area contributed by atoms with Gasteiger partial charge >= 0.3 is 0 Å². The topological polar surface area (TPSA) is 47.1 Å². The minimum Gasteiger partial charge on any atom is -0.330 e. The highest BCUT2D eigenvalue weighted by Crippen LogP contribution is 2.18. The molecule has 4 heteroatoms. The van der Waals surface area contributed by atoms with Gasteiger partial charge in [-0.15, -0.1) is 0 Å². The summed E-state index contributed by atoms with van der Waals surface area (Å²) in [5.74, 6) is 0.686. The lowest BCUT2D eigenvalue weighted by atomic mass is 9.98. The summed E-state index contributed by atoms with van der Waals surface area (Å²) in [5.41, 5.74) is 8.25. The summed E-state index contributed by atoms with van der Waals surface area (Å²) in [6.07, 6.45) is 4.70.